The van der Waals surface area contributed by atoms with Gasteiger partial charge in [0.2, 0.25) is 5.69 Å². The summed E-state index contributed by atoms with van der Waals surface area (Å²) in [6, 6.07) is 26.4. The molecular weight excluding hydrogens is 592 g/mol. The SMILES string of the molecule is CN1C(=CC=CC=C2CCCC(C=CC=CC3=[N+](C)c4ccc5ccccc5c4C3(C)C)=C2Cl)C(C)(C)c2c1ccc1ccccc21. The predicted molar refractivity (Wildman–Crippen MR) is 204 cm³/mol. The molecule has 0 saturated carbocycles. The Morgan fingerprint density at radius 3 is 2.09 bits per heavy atom. The lowest BCUT2D eigenvalue weighted by Crippen LogP contribution is -2.26. The summed E-state index contributed by atoms with van der Waals surface area (Å²) < 4.78 is 2.34. The fraction of sp³-hybridized carbons (Fsp3) is 0.250. The Balaban J connectivity index is 1.08. The number of likely N-dealkylation sites (N-methyl/N-ethyl adjacent to an activating group) is 1. The highest BCUT2D eigenvalue weighted by atomic mass is 35.5. The lowest BCUT2D eigenvalue weighted by molar-refractivity contribution is -0.401. The van der Waals surface area contributed by atoms with Crippen molar-refractivity contribution >= 4 is 50.2 Å². The van der Waals surface area contributed by atoms with Gasteiger partial charge in [-0.2, -0.15) is 4.58 Å². The zero-order valence-electron chi connectivity index (χ0n) is 28.4. The third-order valence-corrected chi connectivity index (χ3v) is 11.1. The summed E-state index contributed by atoms with van der Waals surface area (Å²) in [4.78, 5) is 2.34. The molecule has 3 heteroatoms. The van der Waals surface area contributed by atoms with Crippen LogP contribution in [-0.2, 0) is 10.8 Å². The van der Waals surface area contributed by atoms with E-state index in [1.807, 2.05) is 0 Å². The van der Waals surface area contributed by atoms with Crippen LogP contribution in [0.4, 0.5) is 11.4 Å². The highest BCUT2D eigenvalue weighted by Crippen LogP contribution is 2.50. The first-order valence-corrected chi connectivity index (χ1v) is 17.2. The number of hydrogen-bond acceptors (Lipinski definition) is 1. The summed E-state index contributed by atoms with van der Waals surface area (Å²) in [5, 5.41) is 6.15. The minimum absolute atomic E-state index is 0.0896. The van der Waals surface area contributed by atoms with Crippen LogP contribution in [0.25, 0.3) is 21.5 Å². The molecular formula is C44H44ClN2+. The highest BCUT2D eigenvalue weighted by molar-refractivity contribution is 6.32. The zero-order chi connectivity index (χ0) is 32.9. The molecule has 0 saturated heterocycles. The number of rotatable bonds is 5. The van der Waals surface area contributed by atoms with Crippen molar-refractivity contribution in [2.45, 2.75) is 57.8 Å². The van der Waals surface area contributed by atoms with Crippen molar-refractivity contribution in [2.24, 2.45) is 0 Å². The van der Waals surface area contributed by atoms with Crippen molar-refractivity contribution < 1.29 is 4.58 Å². The Bertz CT molecular complexity index is 2140. The molecule has 2 heterocycles. The van der Waals surface area contributed by atoms with Gasteiger partial charge in [-0.15, -0.1) is 0 Å². The zero-order valence-corrected chi connectivity index (χ0v) is 29.2. The molecule has 7 rings (SSSR count). The highest BCUT2D eigenvalue weighted by Gasteiger charge is 2.44. The maximum atomic E-state index is 7.00. The van der Waals surface area contributed by atoms with Gasteiger partial charge in [0.25, 0.3) is 0 Å². The molecule has 0 bridgehead atoms. The number of allylic oxidation sites excluding steroid dienone is 12. The summed E-state index contributed by atoms with van der Waals surface area (Å²) in [6.45, 7) is 9.33. The van der Waals surface area contributed by atoms with E-state index in [0.717, 1.165) is 24.3 Å². The lowest BCUT2D eigenvalue weighted by atomic mass is 9.79. The van der Waals surface area contributed by atoms with Crippen LogP contribution in [0.3, 0.4) is 0 Å². The second-order valence-electron chi connectivity index (χ2n) is 14.2. The van der Waals surface area contributed by atoms with E-state index in [-0.39, 0.29) is 10.8 Å². The fourth-order valence-electron chi connectivity index (χ4n) is 8.23. The molecule has 2 nitrogen and oxygen atoms in total. The second kappa shape index (κ2) is 12.0. The molecule has 4 aromatic carbocycles. The van der Waals surface area contributed by atoms with E-state index in [2.05, 4.69) is 173 Å². The first-order valence-electron chi connectivity index (χ1n) is 16.8. The van der Waals surface area contributed by atoms with Gasteiger partial charge < -0.3 is 4.90 Å². The molecule has 4 aromatic rings. The van der Waals surface area contributed by atoms with Gasteiger partial charge in [0, 0.05) is 46.6 Å². The summed E-state index contributed by atoms with van der Waals surface area (Å²) in [5.74, 6) is 0. The van der Waals surface area contributed by atoms with Crippen LogP contribution in [-0.4, -0.2) is 24.4 Å². The molecule has 47 heavy (non-hydrogen) atoms. The standard InChI is InChI=1S/C44H44ClN2/c1-43(2)38(46(5)36-28-26-30-16-7-11-22-34(30)40(36)43)24-13-9-18-32-20-15-21-33(42(32)45)19-10-14-25-39-44(3,4)41-35-23-12-8-17-31(35)27-29-37(41)47(39)6/h7-14,16-19,22-29H,15,20-21H2,1-6H3/q+1. The van der Waals surface area contributed by atoms with Crippen LogP contribution in [0.1, 0.15) is 58.1 Å². The van der Waals surface area contributed by atoms with Gasteiger partial charge in [-0.05, 0) is 89.6 Å². The van der Waals surface area contributed by atoms with E-state index < -0.39 is 0 Å². The number of benzene rings is 4. The van der Waals surface area contributed by atoms with E-state index in [1.54, 1.807) is 0 Å². The number of halogens is 1. The van der Waals surface area contributed by atoms with Crippen LogP contribution >= 0.6 is 11.6 Å². The maximum Gasteiger partial charge on any atom is 0.210 e. The van der Waals surface area contributed by atoms with Crippen LogP contribution < -0.4 is 4.90 Å². The molecule has 0 fully saturated rings. The average molecular weight is 636 g/mol. The Kier molecular flexibility index (Phi) is 7.97. The summed E-state index contributed by atoms with van der Waals surface area (Å²) in [6.07, 6.45) is 20.7. The number of nitrogens with zero attached hydrogens (tertiary/aromatic N) is 2. The van der Waals surface area contributed by atoms with Gasteiger partial charge in [-0.3, -0.25) is 0 Å². The van der Waals surface area contributed by atoms with Crippen molar-refractivity contribution in [2.75, 3.05) is 19.0 Å². The van der Waals surface area contributed by atoms with E-state index in [9.17, 15) is 0 Å². The van der Waals surface area contributed by atoms with E-state index in [0.29, 0.717) is 0 Å². The molecule has 236 valence electrons. The van der Waals surface area contributed by atoms with Crippen LogP contribution in [0.5, 0.6) is 0 Å². The van der Waals surface area contributed by atoms with E-state index >= 15 is 0 Å². The smallest absolute Gasteiger partial charge is 0.210 e. The topological polar surface area (TPSA) is 6.25 Å². The molecule has 0 radical (unpaired) electrons. The summed E-state index contributed by atoms with van der Waals surface area (Å²) in [7, 11) is 4.36. The molecule has 2 aliphatic heterocycles. The molecule has 3 aliphatic rings. The lowest BCUT2D eigenvalue weighted by Gasteiger charge is -2.24. The normalized spacial score (nSPS) is 20.8. The molecule has 0 N–H and O–H groups in total. The van der Waals surface area contributed by atoms with Crippen molar-refractivity contribution in [3.8, 4) is 0 Å². The van der Waals surface area contributed by atoms with Gasteiger partial charge >= 0.3 is 0 Å². The van der Waals surface area contributed by atoms with Gasteiger partial charge in [0.1, 0.15) is 7.05 Å². The average Bonchev–Trinajstić information content (AvgIpc) is 3.39. The monoisotopic (exact) mass is 635 g/mol. The molecule has 0 amide bonds. The second-order valence-corrected chi connectivity index (χ2v) is 14.5. The minimum atomic E-state index is -0.0896. The third-order valence-electron chi connectivity index (χ3n) is 10.6. The van der Waals surface area contributed by atoms with E-state index in [1.165, 1.54) is 66.6 Å². The van der Waals surface area contributed by atoms with Crippen LogP contribution in [0.15, 0.2) is 143 Å². The molecule has 0 spiro atoms. The van der Waals surface area contributed by atoms with Crippen LogP contribution in [0.2, 0.25) is 0 Å². The van der Waals surface area contributed by atoms with Crippen molar-refractivity contribution in [1.29, 1.82) is 0 Å². The molecule has 0 atom stereocenters. The van der Waals surface area contributed by atoms with Gasteiger partial charge in [-0.25, -0.2) is 0 Å². The predicted octanol–water partition coefficient (Wildman–Crippen LogP) is 11.6. The quantitative estimate of drug-likeness (QED) is 0.156. The number of fused-ring (bicyclic) bond motifs is 6. The van der Waals surface area contributed by atoms with Gasteiger partial charge in [0.05, 0.1) is 5.41 Å². The van der Waals surface area contributed by atoms with Gasteiger partial charge in [-0.1, -0.05) is 117 Å². The minimum Gasteiger partial charge on any atom is -0.347 e. The van der Waals surface area contributed by atoms with Gasteiger partial charge in [0.15, 0.2) is 5.71 Å². The Morgan fingerprint density at radius 1 is 0.702 bits per heavy atom. The summed E-state index contributed by atoms with van der Waals surface area (Å²) >= 11 is 7.00. The van der Waals surface area contributed by atoms with Crippen molar-refractivity contribution in [3.63, 3.8) is 0 Å². The summed E-state index contributed by atoms with van der Waals surface area (Å²) in [5.41, 5.74) is 10.2. The number of hydrogen-bond donors (Lipinski definition) is 0. The Hall–Kier alpha value is -4.40. The first-order chi connectivity index (χ1) is 22.6. The van der Waals surface area contributed by atoms with Crippen molar-refractivity contribution in [1.82, 2.24) is 0 Å². The molecule has 0 aromatic heterocycles. The fourth-order valence-corrected chi connectivity index (χ4v) is 8.55. The molecule has 1 aliphatic carbocycles. The number of anilines is 1. The third kappa shape index (κ3) is 5.24. The first kappa shape index (κ1) is 31.2. The van der Waals surface area contributed by atoms with Crippen molar-refractivity contribution in [3.05, 3.63) is 154 Å². The molecule has 0 unspecified atom stereocenters. The van der Waals surface area contributed by atoms with E-state index in [4.69, 9.17) is 11.6 Å². The van der Waals surface area contributed by atoms with Crippen LogP contribution in [0, 0.1) is 0 Å². The maximum absolute atomic E-state index is 7.00. The Morgan fingerprint density at radius 2 is 1.34 bits per heavy atom. The Labute approximate surface area is 285 Å². The largest absolute Gasteiger partial charge is 0.347 e.